The van der Waals surface area contributed by atoms with E-state index in [0.29, 0.717) is 23.1 Å². The van der Waals surface area contributed by atoms with Crippen molar-refractivity contribution in [3.05, 3.63) is 53.5 Å². The monoisotopic (exact) mass is 323 g/mol. The average Bonchev–Trinajstić information content (AvgIpc) is 2.63. The molecule has 0 saturated carbocycles. The molecule has 3 aliphatic rings. The topological polar surface area (TPSA) is 38.2 Å². The van der Waals surface area contributed by atoms with Crippen LogP contribution in [-0.4, -0.2) is 40.8 Å². The molecule has 122 valence electrons. The first-order valence-electron chi connectivity index (χ1n) is 8.27. The fourth-order valence-electron chi connectivity index (χ4n) is 3.34. The van der Waals surface area contributed by atoms with Crippen LogP contribution in [0.15, 0.2) is 36.4 Å². The average molecular weight is 323 g/mol. The summed E-state index contributed by atoms with van der Waals surface area (Å²) in [6.07, 6.45) is 2.60. The molecule has 3 fully saturated rings. The van der Waals surface area contributed by atoms with E-state index in [1.165, 1.54) is 32.0 Å². The van der Waals surface area contributed by atoms with Gasteiger partial charge in [0.1, 0.15) is 17.6 Å². The maximum absolute atomic E-state index is 13.5. The van der Waals surface area contributed by atoms with Crippen molar-refractivity contribution >= 4 is 0 Å². The molecule has 24 heavy (non-hydrogen) atoms. The van der Waals surface area contributed by atoms with E-state index in [1.54, 1.807) is 30.3 Å². The molecule has 2 aromatic rings. The summed E-state index contributed by atoms with van der Waals surface area (Å²) in [4.78, 5) is 2.44. The summed E-state index contributed by atoms with van der Waals surface area (Å²) < 4.78 is 19.5. The van der Waals surface area contributed by atoms with Gasteiger partial charge in [0.15, 0.2) is 0 Å². The van der Waals surface area contributed by atoms with Crippen molar-refractivity contribution in [2.45, 2.75) is 18.9 Å². The lowest BCUT2D eigenvalue weighted by molar-refractivity contribution is -0.0104. The first-order valence-corrected chi connectivity index (χ1v) is 8.27. The highest BCUT2D eigenvalue weighted by molar-refractivity contribution is 5.40. The van der Waals surface area contributed by atoms with E-state index in [4.69, 9.17) is 4.74 Å². The highest BCUT2D eigenvalue weighted by Crippen LogP contribution is 2.29. The highest BCUT2D eigenvalue weighted by atomic mass is 19.1. The second-order valence-corrected chi connectivity index (χ2v) is 6.28. The van der Waals surface area contributed by atoms with Gasteiger partial charge in [-0.2, -0.15) is 0 Å². The van der Waals surface area contributed by atoms with Gasteiger partial charge in [0.25, 0.3) is 0 Å². The predicted octanol–water partition coefficient (Wildman–Crippen LogP) is 2.49. The molecule has 0 N–H and O–H groups in total. The van der Waals surface area contributed by atoms with Gasteiger partial charge in [0.05, 0.1) is 5.56 Å². The molecule has 1 atom stereocenters. The van der Waals surface area contributed by atoms with Gasteiger partial charge < -0.3 is 4.74 Å². The number of aromatic nitrogens is 2. The van der Waals surface area contributed by atoms with Gasteiger partial charge in [-0.15, -0.1) is 10.2 Å². The zero-order valence-corrected chi connectivity index (χ0v) is 13.3. The van der Waals surface area contributed by atoms with Crippen LogP contribution in [0, 0.1) is 23.6 Å². The van der Waals surface area contributed by atoms with Crippen LogP contribution in [0.1, 0.15) is 24.1 Å². The number of ether oxygens (including phenoxy) is 1. The van der Waals surface area contributed by atoms with E-state index in [9.17, 15) is 4.39 Å². The van der Waals surface area contributed by atoms with Crippen LogP contribution in [0.5, 0.6) is 5.88 Å². The van der Waals surface area contributed by atoms with Crippen LogP contribution in [0.3, 0.4) is 0 Å². The summed E-state index contributed by atoms with van der Waals surface area (Å²) in [6, 6.07) is 9.97. The summed E-state index contributed by atoms with van der Waals surface area (Å²) in [7, 11) is 0. The number of hydrogen-bond acceptors (Lipinski definition) is 4. The summed E-state index contributed by atoms with van der Waals surface area (Å²) in [5.41, 5.74) is 0.853. The lowest BCUT2D eigenvalue weighted by Crippen LogP contribution is -2.52. The van der Waals surface area contributed by atoms with Crippen LogP contribution in [-0.2, 0) is 0 Å². The van der Waals surface area contributed by atoms with Gasteiger partial charge in [0.2, 0.25) is 5.88 Å². The molecule has 0 spiro atoms. The fourth-order valence-corrected chi connectivity index (χ4v) is 3.34. The second kappa shape index (κ2) is 6.58. The van der Waals surface area contributed by atoms with Crippen LogP contribution in [0.2, 0.25) is 0 Å². The molecule has 3 aliphatic heterocycles. The molecule has 5 heteroatoms. The lowest BCUT2D eigenvalue weighted by Gasteiger charge is -2.44. The minimum atomic E-state index is -0.333. The summed E-state index contributed by atoms with van der Waals surface area (Å²) in [5, 5.41) is 8.17. The molecular formula is C19H18FN3O. The highest BCUT2D eigenvalue weighted by Gasteiger charge is 2.35. The minimum absolute atomic E-state index is 0.206. The van der Waals surface area contributed by atoms with Crippen molar-refractivity contribution in [1.29, 1.82) is 0 Å². The molecule has 1 aromatic heterocycles. The minimum Gasteiger partial charge on any atom is -0.472 e. The first-order chi connectivity index (χ1) is 11.8. The summed E-state index contributed by atoms with van der Waals surface area (Å²) in [5.74, 6) is 6.43. The zero-order chi connectivity index (χ0) is 16.4. The van der Waals surface area contributed by atoms with Crippen LogP contribution >= 0.6 is 0 Å². The molecule has 4 nitrogen and oxygen atoms in total. The van der Waals surface area contributed by atoms with E-state index >= 15 is 0 Å². The van der Waals surface area contributed by atoms with E-state index in [2.05, 4.69) is 26.9 Å². The molecule has 4 heterocycles. The quantitative estimate of drug-likeness (QED) is 0.796. The number of fused-ring (bicyclic) bond motifs is 3. The molecule has 0 radical (unpaired) electrons. The van der Waals surface area contributed by atoms with Gasteiger partial charge in [-0.3, -0.25) is 4.90 Å². The Morgan fingerprint density at radius 2 is 1.88 bits per heavy atom. The van der Waals surface area contributed by atoms with E-state index in [-0.39, 0.29) is 11.9 Å². The standard InChI is InChI=1S/C19H18FN3O/c20-17-4-2-1-3-14(17)5-6-16-7-8-19(22-21-16)24-18-13-23-11-9-15(18)10-12-23/h1-4,7-8,15,18H,9-13H2. The number of benzene rings is 1. The van der Waals surface area contributed by atoms with E-state index in [0.717, 1.165) is 6.54 Å². The van der Waals surface area contributed by atoms with Gasteiger partial charge in [-0.05, 0) is 56.0 Å². The van der Waals surface area contributed by atoms with E-state index in [1.807, 2.05) is 0 Å². The smallest absolute Gasteiger partial charge is 0.233 e. The summed E-state index contributed by atoms with van der Waals surface area (Å²) in [6.45, 7) is 3.34. The molecule has 5 rings (SSSR count). The number of rotatable bonds is 2. The third-order valence-corrected chi connectivity index (χ3v) is 4.71. The molecule has 0 amide bonds. The van der Waals surface area contributed by atoms with Gasteiger partial charge >= 0.3 is 0 Å². The maximum atomic E-state index is 13.5. The number of hydrogen-bond donors (Lipinski definition) is 0. The van der Waals surface area contributed by atoms with Crippen molar-refractivity contribution in [2.24, 2.45) is 5.92 Å². The third-order valence-electron chi connectivity index (χ3n) is 4.71. The lowest BCUT2D eigenvalue weighted by atomic mass is 9.86. The van der Waals surface area contributed by atoms with Crippen LogP contribution < -0.4 is 4.74 Å². The Labute approximate surface area is 140 Å². The van der Waals surface area contributed by atoms with Crippen LogP contribution in [0.25, 0.3) is 0 Å². The number of piperidine rings is 3. The van der Waals surface area contributed by atoms with Gasteiger partial charge in [-0.25, -0.2) is 4.39 Å². The molecule has 0 aliphatic carbocycles. The van der Waals surface area contributed by atoms with Crippen molar-refractivity contribution < 1.29 is 9.13 Å². The van der Waals surface area contributed by atoms with Crippen LogP contribution in [0.4, 0.5) is 4.39 Å². The second-order valence-electron chi connectivity index (χ2n) is 6.28. The van der Waals surface area contributed by atoms with Gasteiger partial charge in [0, 0.05) is 12.6 Å². The molecule has 1 aromatic carbocycles. The molecule has 3 saturated heterocycles. The fraction of sp³-hybridized carbons (Fsp3) is 0.368. The van der Waals surface area contributed by atoms with Crippen molar-refractivity contribution in [1.82, 2.24) is 15.1 Å². The third kappa shape index (κ3) is 3.24. The maximum Gasteiger partial charge on any atom is 0.233 e. The Kier molecular flexibility index (Phi) is 4.14. The Morgan fingerprint density at radius 1 is 1.04 bits per heavy atom. The Bertz CT molecular complexity index is 773. The Hall–Kier alpha value is -2.45. The summed E-state index contributed by atoms with van der Waals surface area (Å²) >= 11 is 0. The number of halogens is 1. The van der Waals surface area contributed by atoms with Crippen molar-refractivity contribution in [3.8, 4) is 17.7 Å². The number of nitrogens with zero attached hydrogens (tertiary/aromatic N) is 3. The zero-order valence-electron chi connectivity index (χ0n) is 13.3. The normalized spacial score (nSPS) is 25.0. The SMILES string of the molecule is Fc1ccccc1C#Cc1ccc(OC2CN3CCC2CC3)nn1. The van der Waals surface area contributed by atoms with E-state index < -0.39 is 0 Å². The van der Waals surface area contributed by atoms with Crippen molar-refractivity contribution in [3.63, 3.8) is 0 Å². The molecular weight excluding hydrogens is 305 g/mol. The molecule has 2 bridgehead atoms. The predicted molar refractivity (Wildman–Crippen MR) is 88.0 cm³/mol. The Morgan fingerprint density at radius 3 is 2.54 bits per heavy atom. The Balaban J connectivity index is 1.43. The van der Waals surface area contributed by atoms with Crippen molar-refractivity contribution in [2.75, 3.05) is 19.6 Å². The largest absolute Gasteiger partial charge is 0.472 e. The first kappa shape index (κ1) is 15.1. The molecule has 1 unspecified atom stereocenters. The van der Waals surface area contributed by atoms with Gasteiger partial charge in [-0.1, -0.05) is 18.1 Å².